The number of hydrogen-bond donors (Lipinski definition) is 2. The van der Waals surface area contributed by atoms with Crippen molar-refractivity contribution in [3.8, 4) is 0 Å². The van der Waals surface area contributed by atoms with E-state index in [0.29, 0.717) is 5.69 Å². The van der Waals surface area contributed by atoms with Gasteiger partial charge in [-0.2, -0.15) is 0 Å². The minimum atomic E-state index is -0.646. The Balaban J connectivity index is 1.76. The molecule has 3 rings (SSSR count). The van der Waals surface area contributed by atoms with Crippen LogP contribution in [0.4, 0.5) is 5.69 Å². The third-order valence-corrected chi connectivity index (χ3v) is 3.83. The quantitative estimate of drug-likeness (QED) is 0.887. The highest BCUT2D eigenvalue weighted by Crippen LogP contribution is 2.16. The number of aliphatic imine (C=N–C) groups is 1. The average Bonchev–Trinajstić information content (AvgIpc) is 2.65. The molecule has 0 unspecified atom stereocenters. The van der Waals surface area contributed by atoms with E-state index in [0.717, 1.165) is 5.69 Å². The Kier molecular flexibility index (Phi) is 4.74. The van der Waals surface area contributed by atoms with E-state index in [9.17, 15) is 9.59 Å². The van der Waals surface area contributed by atoms with Crippen LogP contribution < -0.4 is 15.8 Å². The number of benzene rings is 1. The van der Waals surface area contributed by atoms with E-state index in [1.165, 1.54) is 5.01 Å². The van der Waals surface area contributed by atoms with Crippen molar-refractivity contribution in [3.63, 3.8) is 0 Å². The molecule has 2 amide bonds. The highest BCUT2D eigenvalue weighted by molar-refractivity contribution is 6.39. The molecule has 0 aliphatic carbocycles. The standard InChI is InChI=1S/C18H19N5O2/c1-12(15-10-6-7-11-19-15)21-17(24)16-20-13(2)18(25)23(22-16)14-8-4-3-5-9-14/h3-13H,1-2H3,(H,20,22)(H,21,24)/t12-,13+/m1/s1. The normalized spacial score (nSPS) is 18.2. The van der Waals surface area contributed by atoms with Gasteiger partial charge in [-0.05, 0) is 38.1 Å². The maximum absolute atomic E-state index is 12.5. The monoisotopic (exact) mass is 337 g/mol. The molecule has 0 radical (unpaired) electrons. The number of pyridine rings is 1. The topological polar surface area (TPSA) is 86.7 Å². The van der Waals surface area contributed by atoms with Gasteiger partial charge in [0.25, 0.3) is 11.8 Å². The van der Waals surface area contributed by atoms with E-state index in [-0.39, 0.29) is 17.8 Å². The Morgan fingerprint density at radius 3 is 2.60 bits per heavy atom. The molecule has 1 aliphatic rings. The maximum Gasteiger partial charge on any atom is 0.288 e. The van der Waals surface area contributed by atoms with Gasteiger partial charge in [-0.25, -0.2) is 10.0 Å². The highest BCUT2D eigenvalue weighted by Gasteiger charge is 2.31. The summed E-state index contributed by atoms with van der Waals surface area (Å²) in [6.07, 6.45) is 1.67. The number of carbonyl (C=O) groups excluding carboxylic acids is 2. The first-order chi connectivity index (χ1) is 12.1. The molecule has 0 saturated heterocycles. The van der Waals surface area contributed by atoms with Gasteiger partial charge in [0.2, 0.25) is 5.84 Å². The molecule has 128 valence electrons. The van der Waals surface area contributed by atoms with Crippen LogP contribution in [0.5, 0.6) is 0 Å². The molecule has 1 aromatic heterocycles. The van der Waals surface area contributed by atoms with Crippen LogP contribution in [0, 0.1) is 0 Å². The van der Waals surface area contributed by atoms with Crippen LogP contribution in [-0.2, 0) is 9.59 Å². The van der Waals surface area contributed by atoms with E-state index in [2.05, 4.69) is 20.7 Å². The Labute approximate surface area is 145 Å². The fourth-order valence-corrected chi connectivity index (χ4v) is 2.47. The van der Waals surface area contributed by atoms with Crippen LogP contribution in [0.1, 0.15) is 25.6 Å². The first kappa shape index (κ1) is 16.6. The molecule has 1 aromatic carbocycles. The summed E-state index contributed by atoms with van der Waals surface area (Å²) in [5.41, 5.74) is 4.20. The van der Waals surface area contributed by atoms with Gasteiger partial charge >= 0.3 is 0 Å². The Bertz CT molecular complexity index is 792. The van der Waals surface area contributed by atoms with Crippen LogP contribution in [0.2, 0.25) is 0 Å². The summed E-state index contributed by atoms with van der Waals surface area (Å²) in [6.45, 7) is 3.50. The first-order valence-electron chi connectivity index (χ1n) is 8.01. The maximum atomic E-state index is 12.5. The second-order valence-corrected chi connectivity index (χ2v) is 5.72. The van der Waals surface area contributed by atoms with Crippen LogP contribution in [-0.4, -0.2) is 28.7 Å². The van der Waals surface area contributed by atoms with E-state index in [4.69, 9.17) is 0 Å². The van der Waals surface area contributed by atoms with Crippen molar-refractivity contribution in [2.45, 2.75) is 25.9 Å². The van der Waals surface area contributed by atoms with Crippen molar-refractivity contribution in [2.24, 2.45) is 4.99 Å². The molecule has 0 saturated carbocycles. The van der Waals surface area contributed by atoms with Crippen molar-refractivity contribution in [3.05, 3.63) is 60.4 Å². The zero-order valence-corrected chi connectivity index (χ0v) is 14.0. The summed E-state index contributed by atoms with van der Waals surface area (Å²) in [6, 6.07) is 13.7. The molecule has 0 bridgehead atoms. The van der Waals surface area contributed by atoms with Crippen LogP contribution in [0.15, 0.2) is 59.7 Å². The van der Waals surface area contributed by atoms with Gasteiger partial charge in [-0.15, -0.1) is 0 Å². The number of amidine groups is 1. The summed E-state index contributed by atoms with van der Waals surface area (Å²) in [7, 11) is 0. The number of anilines is 1. The molecule has 25 heavy (non-hydrogen) atoms. The summed E-state index contributed by atoms with van der Waals surface area (Å²) in [5, 5.41) is 4.19. The Hall–Kier alpha value is -3.22. The van der Waals surface area contributed by atoms with Gasteiger partial charge in [0, 0.05) is 6.20 Å². The van der Waals surface area contributed by atoms with Crippen molar-refractivity contribution >= 4 is 23.3 Å². The molecular formula is C18H19N5O2. The van der Waals surface area contributed by atoms with Gasteiger partial charge in [0.15, 0.2) is 0 Å². The van der Waals surface area contributed by atoms with Gasteiger partial charge in [-0.3, -0.25) is 20.0 Å². The fraction of sp³-hybridized carbons (Fsp3) is 0.222. The predicted octanol–water partition coefficient (Wildman–Crippen LogP) is 1.60. The third-order valence-electron chi connectivity index (χ3n) is 3.83. The molecule has 2 N–H and O–H groups in total. The number of hydrogen-bond acceptors (Lipinski definition) is 5. The molecule has 0 fully saturated rings. The van der Waals surface area contributed by atoms with Gasteiger partial charge in [0.1, 0.15) is 6.04 Å². The smallest absolute Gasteiger partial charge is 0.288 e. The van der Waals surface area contributed by atoms with Crippen LogP contribution in [0.3, 0.4) is 0 Å². The van der Waals surface area contributed by atoms with E-state index < -0.39 is 11.9 Å². The Morgan fingerprint density at radius 2 is 1.92 bits per heavy atom. The zero-order valence-electron chi connectivity index (χ0n) is 14.0. The van der Waals surface area contributed by atoms with Crippen molar-refractivity contribution in [1.29, 1.82) is 0 Å². The van der Waals surface area contributed by atoms with Crippen LogP contribution in [0.25, 0.3) is 0 Å². The third kappa shape index (κ3) is 3.65. The van der Waals surface area contributed by atoms with Crippen molar-refractivity contribution < 1.29 is 9.59 Å². The number of carbonyl (C=O) groups is 2. The second-order valence-electron chi connectivity index (χ2n) is 5.72. The minimum absolute atomic E-state index is 0.0961. The minimum Gasteiger partial charge on any atom is -0.341 e. The molecule has 7 heteroatoms. The molecule has 1 aliphatic heterocycles. The lowest BCUT2D eigenvalue weighted by Crippen LogP contribution is -2.58. The number of aromatic nitrogens is 1. The van der Waals surface area contributed by atoms with E-state index >= 15 is 0 Å². The number of para-hydroxylation sites is 1. The van der Waals surface area contributed by atoms with Crippen molar-refractivity contribution in [2.75, 3.05) is 5.01 Å². The SMILES string of the molecule is C[C@@H]1N=C(C(=O)N[C@H](C)c2ccccn2)NN(c2ccccc2)C1=O. The lowest BCUT2D eigenvalue weighted by molar-refractivity contribution is -0.120. The van der Waals surface area contributed by atoms with Gasteiger partial charge in [0.05, 0.1) is 17.4 Å². The number of rotatable bonds is 4. The number of amides is 2. The summed E-state index contributed by atoms with van der Waals surface area (Å²) in [4.78, 5) is 33.3. The number of nitrogens with one attached hydrogen (secondary N) is 2. The highest BCUT2D eigenvalue weighted by atomic mass is 16.2. The summed E-state index contributed by atoms with van der Waals surface area (Å²) >= 11 is 0. The molecule has 2 heterocycles. The molecule has 7 nitrogen and oxygen atoms in total. The average molecular weight is 337 g/mol. The summed E-state index contributed by atoms with van der Waals surface area (Å²) < 4.78 is 0. The zero-order chi connectivity index (χ0) is 17.8. The van der Waals surface area contributed by atoms with Crippen molar-refractivity contribution in [1.82, 2.24) is 15.7 Å². The molecular weight excluding hydrogens is 318 g/mol. The molecule has 2 aromatic rings. The molecule has 0 spiro atoms. The van der Waals surface area contributed by atoms with Gasteiger partial charge in [-0.1, -0.05) is 24.3 Å². The predicted molar refractivity (Wildman–Crippen MR) is 94.8 cm³/mol. The molecule has 2 atom stereocenters. The largest absolute Gasteiger partial charge is 0.341 e. The fourth-order valence-electron chi connectivity index (χ4n) is 2.47. The number of nitrogens with zero attached hydrogens (tertiary/aromatic N) is 3. The first-order valence-corrected chi connectivity index (χ1v) is 8.01. The van der Waals surface area contributed by atoms with Gasteiger partial charge < -0.3 is 5.32 Å². The Morgan fingerprint density at radius 1 is 1.20 bits per heavy atom. The second kappa shape index (κ2) is 7.12. The number of hydrazine groups is 1. The lowest BCUT2D eigenvalue weighted by Gasteiger charge is -2.30. The van der Waals surface area contributed by atoms with E-state index in [1.807, 2.05) is 43.3 Å². The van der Waals surface area contributed by atoms with Crippen LogP contribution >= 0.6 is 0 Å². The lowest BCUT2D eigenvalue weighted by atomic mass is 10.2. The summed E-state index contributed by atoms with van der Waals surface area (Å²) in [5.74, 6) is -0.516. The van der Waals surface area contributed by atoms with E-state index in [1.54, 1.807) is 25.3 Å².